The molecule has 1 aromatic rings. The summed E-state index contributed by atoms with van der Waals surface area (Å²) in [7, 11) is 0. The minimum Gasteiger partial charge on any atom is -0.481 e. The number of hydrogen-bond acceptors (Lipinski definition) is 4. The number of non-ortho nitro benzene ring substituents is 1. The molecule has 0 aliphatic carbocycles. The van der Waals surface area contributed by atoms with Gasteiger partial charge in [-0.05, 0) is 12.0 Å². The fraction of sp³-hybridized carbons (Fsp3) is 0.462. The van der Waals surface area contributed by atoms with Crippen molar-refractivity contribution in [3.8, 4) is 0 Å². The van der Waals surface area contributed by atoms with Crippen LogP contribution >= 0.6 is 0 Å². The third-order valence-electron chi connectivity index (χ3n) is 2.79. The summed E-state index contributed by atoms with van der Waals surface area (Å²) in [6.07, 6.45) is 1.75. The molecule has 1 rings (SSSR count). The van der Waals surface area contributed by atoms with E-state index in [1.54, 1.807) is 6.07 Å². The van der Waals surface area contributed by atoms with Gasteiger partial charge in [-0.15, -0.1) is 0 Å². The van der Waals surface area contributed by atoms with Gasteiger partial charge in [0.25, 0.3) is 5.69 Å². The Morgan fingerprint density at radius 2 is 2.26 bits per heavy atom. The van der Waals surface area contributed by atoms with Crippen LogP contribution in [0.25, 0.3) is 0 Å². The van der Waals surface area contributed by atoms with E-state index >= 15 is 0 Å². The molecule has 0 spiro atoms. The number of carboxylic acids is 1. The molecular formula is C13H18N2O4. The average molecular weight is 266 g/mol. The monoisotopic (exact) mass is 266 g/mol. The first-order chi connectivity index (χ1) is 9.04. The Hall–Kier alpha value is -1.95. The molecule has 19 heavy (non-hydrogen) atoms. The Morgan fingerprint density at radius 3 is 2.84 bits per heavy atom. The van der Waals surface area contributed by atoms with E-state index in [9.17, 15) is 14.9 Å². The van der Waals surface area contributed by atoms with Gasteiger partial charge in [0.1, 0.15) is 0 Å². The van der Waals surface area contributed by atoms with Crippen molar-refractivity contribution in [2.45, 2.75) is 32.2 Å². The van der Waals surface area contributed by atoms with Gasteiger partial charge in [-0.2, -0.15) is 0 Å². The molecule has 0 aliphatic heterocycles. The highest BCUT2D eigenvalue weighted by Gasteiger charge is 2.14. The number of nitrogens with zero attached hydrogens (tertiary/aromatic N) is 1. The average Bonchev–Trinajstić information content (AvgIpc) is 2.37. The molecule has 0 heterocycles. The molecule has 0 saturated heterocycles. The second-order valence-corrected chi connectivity index (χ2v) is 4.29. The van der Waals surface area contributed by atoms with Crippen LogP contribution < -0.4 is 5.32 Å². The molecule has 0 bridgehead atoms. The molecule has 0 amide bonds. The first-order valence-electron chi connectivity index (χ1n) is 6.24. The van der Waals surface area contributed by atoms with Crippen LogP contribution in [0.15, 0.2) is 24.3 Å². The summed E-state index contributed by atoms with van der Waals surface area (Å²) in [5.74, 6) is -0.859. The molecule has 0 saturated carbocycles. The molecule has 0 aromatic heterocycles. The minimum atomic E-state index is -0.859. The van der Waals surface area contributed by atoms with Crippen LogP contribution in [-0.2, 0) is 4.79 Å². The Morgan fingerprint density at radius 1 is 1.53 bits per heavy atom. The third-order valence-corrected chi connectivity index (χ3v) is 2.79. The van der Waals surface area contributed by atoms with Crippen molar-refractivity contribution >= 4 is 11.7 Å². The molecule has 6 nitrogen and oxygen atoms in total. The van der Waals surface area contributed by atoms with Gasteiger partial charge in [-0.25, -0.2) is 0 Å². The predicted molar refractivity (Wildman–Crippen MR) is 71.0 cm³/mol. The van der Waals surface area contributed by atoms with Crippen molar-refractivity contribution < 1.29 is 14.8 Å². The summed E-state index contributed by atoms with van der Waals surface area (Å²) >= 11 is 0. The highest BCUT2D eigenvalue weighted by molar-refractivity contribution is 5.66. The van der Waals surface area contributed by atoms with Crippen LogP contribution in [0.2, 0.25) is 0 Å². The second kappa shape index (κ2) is 7.48. The lowest BCUT2D eigenvalue weighted by molar-refractivity contribution is -0.384. The van der Waals surface area contributed by atoms with Crippen molar-refractivity contribution in [2.75, 3.05) is 6.54 Å². The number of carboxylic acid groups (broad SMARTS) is 1. The molecule has 104 valence electrons. The first-order valence-corrected chi connectivity index (χ1v) is 6.24. The van der Waals surface area contributed by atoms with Gasteiger partial charge in [0, 0.05) is 24.7 Å². The zero-order chi connectivity index (χ0) is 14.3. The highest BCUT2D eigenvalue weighted by atomic mass is 16.6. The molecular weight excluding hydrogens is 248 g/mol. The van der Waals surface area contributed by atoms with E-state index in [4.69, 9.17) is 5.11 Å². The fourth-order valence-corrected chi connectivity index (χ4v) is 1.88. The summed E-state index contributed by atoms with van der Waals surface area (Å²) in [6, 6.07) is 6.40. The predicted octanol–water partition coefficient (Wildman–Crippen LogP) is 2.50. The molecule has 0 radical (unpaired) electrons. The maximum Gasteiger partial charge on any atom is 0.304 e. The summed E-state index contributed by atoms with van der Waals surface area (Å²) in [5, 5.41) is 22.5. The second-order valence-electron chi connectivity index (χ2n) is 4.29. The quantitative estimate of drug-likeness (QED) is 0.557. The van der Waals surface area contributed by atoms with Gasteiger partial charge in [0.15, 0.2) is 0 Å². The molecule has 2 N–H and O–H groups in total. The molecule has 1 unspecified atom stereocenters. The van der Waals surface area contributed by atoms with E-state index in [1.807, 2.05) is 13.0 Å². The number of benzene rings is 1. The molecule has 0 aliphatic rings. The largest absolute Gasteiger partial charge is 0.481 e. The maximum absolute atomic E-state index is 10.7. The van der Waals surface area contributed by atoms with Crippen LogP contribution in [-0.4, -0.2) is 22.5 Å². The van der Waals surface area contributed by atoms with E-state index < -0.39 is 10.9 Å². The van der Waals surface area contributed by atoms with Crippen LogP contribution in [0.5, 0.6) is 0 Å². The topological polar surface area (TPSA) is 92.5 Å². The number of nitrogens with one attached hydrogen (secondary N) is 1. The number of rotatable bonds is 8. The Labute approximate surface area is 111 Å². The van der Waals surface area contributed by atoms with E-state index in [2.05, 4.69) is 5.32 Å². The minimum absolute atomic E-state index is 0.0368. The summed E-state index contributed by atoms with van der Waals surface area (Å²) < 4.78 is 0. The summed E-state index contributed by atoms with van der Waals surface area (Å²) in [6.45, 7) is 2.37. The number of aliphatic carboxylic acids is 1. The van der Waals surface area contributed by atoms with E-state index in [0.29, 0.717) is 6.54 Å². The van der Waals surface area contributed by atoms with Gasteiger partial charge in [0.2, 0.25) is 0 Å². The normalized spacial score (nSPS) is 12.1. The van der Waals surface area contributed by atoms with Crippen LogP contribution in [0.1, 0.15) is 37.8 Å². The van der Waals surface area contributed by atoms with Gasteiger partial charge in [0.05, 0.1) is 11.3 Å². The molecule has 1 aromatic carbocycles. The van der Waals surface area contributed by atoms with Crippen LogP contribution in [0, 0.1) is 10.1 Å². The van der Waals surface area contributed by atoms with E-state index in [0.717, 1.165) is 18.4 Å². The van der Waals surface area contributed by atoms with Crippen molar-refractivity contribution in [1.29, 1.82) is 0 Å². The zero-order valence-corrected chi connectivity index (χ0v) is 10.8. The number of carbonyl (C=O) groups is 1. The number of nitro groups is 1. The smallest absolute Gasteiger partial charge is 0.304 e. The standard InChI is InChI=1S/C13H18N2O4/c1-2-4-12(14-8-7-13(16)17)10-5-3-6-11(9-10)15(18)19/h3,5-6,9,12,14H,2,4,7-8H2,1H3,(H,16,17). The van der Waals surface area contributed by atoms with Crippen molar-refractivity contribution in [1.82, 2.24) is 5.32 Å². The van der Waals surface area contributed by atoms with Crippen molar-refractivity contribution in [3.05, 3.63) is 39.9 Å². The number of hydrogen-bond donors (Lipinski definition) is 2. The molecule has 1 atom stereocenters. The van der Waals surface area contributed by atoms with Gasteiger partial charge in [-0.1, -0.05) is 25.5 Å². The molecule has 0 fully saturated rings. The van der Waals surface area contributed by atoms with Crippen molar-refractivity contribution in [3.63, 3.8) is 0 Å². The first kappa shape index (κ1) is 15.1. The molecule has 6 heteroatoms. The Kier molecular flexibility index (Phi) is 5.95. The van der Waals surface area contributed by atoms with E-state index in [1.165, 1.54) is 12.1 Å². The Balaban J connectivity index is 2.76. The SMILES string of the molecule is CCCC(NCCC(=O)O)c1cccc([N+](=O)[O-])c1. The van der Waals surface area contributed by atoms with Gasteiger partial charge >= 0.3 is 5.97 Å². The summed E-state index contributed by atoms with van der Waals surface area (Å²) in [5.41, 5.74) is 0.875. The summed E-state index contributed by atoms with van der Waals surface area (Å²) in [4.78, 5) is 20.8. The third kappa shape index (κ3) is 5.05. The lowest BCUT2D eigenvalue weighted by Gasteiger charge is -2.18. The van der Waals surface area contributed by atoms with Crippen molar-refractivity contribution in [2.24, 2.45) is 0 Å². The van der Waals surface area contributed by atoms with Crippen LogP contribution in [0.3, 0.4) is 0 Å². The fourth-order valence-electron chi connectivity index (χ4n) is 1.88. The lowest BCUT2D eigenvalue weighted by Crippen LogP contribution is -2.24. The van der Waals surface area contributed by atoms with Gasteiger partial charge in [-0.3, -0.25) is 14.9 Å². The maximum atomic E-state index is 10.7. The zero-order valence-electron chi connectivity index (χ0n) is 10.8. The lowest BCUT2D eigenvalue weighted by atomic mass is 10.0. The van der Waals surface area contributed by atoms with E-state index in [-0.39, 0.29) is 18.2 Å². The van der Waals surface area contributed by atoms with Crippen LogP contribution in [0.4, 0.5) is 5.69 Å². The highest BCUT2D eigenvalue weighted by Crippen LogP contribution is 2.22. The Bertz CT molecular complexity index is 448. The number of nitro benzene ring substituents is 1. The van der Waals surface area contributed by atoms with Gasteiger partial charge < -0.3 is 10.4 Å².